The van der Waals surface area contributed by atoms with Gasteiger partial charge in [-0.25, -0.2) is 0 Å². The molecule has 0 bridgehead atoms. The van der Waals surface area contributed by atoms with E-state index in [0.29, 0.717) is 30.2 Å². The van der Waals surface area contributed by atoms with E-state index in [-0.39, 0.29) is 5.91 Å². The van der Waals surface area contributed by atoms with E-state index < -0.39 is 0 Å². The van der Waals surface area contributed by atoms with Crippen molar-refractivity contribution in [1.29, 1.82) is 0 Å². The van der Waals surface area contributed by atoms with Crippen LogP contribution in [0.3, 0.4) is 0 Å². The summed E-state index contributed by atoms with van der Waals surface area (Å²) in [6.45, 7) is 0.728. The Balaban J connectivity index is 1.92. The molecule has 0 heterocycles. The first kappa shape index (κ1) is 17.1. The topological polar surface area (TPSA) is 56.8 Å². The molecular formula is C17H18BrNO4. The normalized spacial score (nSPS) is 10.0. The van der Waals surface area contributed by atoms with Crippen molar-refractivity contribution < 1.29 is 19.0 Å². The summed E-state index contributed by atoms with van der Waals surface area (Å²) in [6.07, 6.45) is 0. The number of hydrogen-bond acceptors (Lipinski definition) is 4. The highest BCUT2D eigenvalue weighted by atomic mass is 79.9. The Hall–Kier alpha value is -2.21. The minimum atomic E-state index is -0.267. The third-order valence-electron chi connectivity index (χ3n) is 3.11. The molecule has 0 unspecified atom stereocenters. The standard InChI is InChI=1S/C17H18BrNO4/c1-21-14-7-4-8-15(22-2)16(14)17(20)19-9-10-23-13-6-3-5-12(18)11-13/h3-8,11H,9-10H2,1-2H3,(H,19,20). The fraction of sp³-hybridized carbons (Fsp3) is 0.235. The first-order valence-electron chi connectivity index (χ1n) is 7.03. The summed E-state index contributed by atoms with van der Waals surface area (Å²) in [5, 5.41) is 2.80. The van der Waals surface area contributed by atoms with Crippen molar-refractivity contribution >= 4 is 21.8 Å². The monoisotopic (exact) mass is 379 g/mol. The van der Waals surface area contributed by atoms with Crippen molar-refractivity contribution in [2.45, 2.75) is 0 Å². The molecule has 0 aliphatic heterocycles. The summed E-state index contributed by atoms with van der Waals surface area (Å²) in [7, 11) is 3.03. The Labute approximate surface area is 143 Å². The Morgan fingerprint density at radius 1 is 1.09 bits per heavy atom. The number of hydrogen-bond donors (Lipinski definition) is 1. The van der Waals surface area contributed by atoms with Gasteiger partial charge in [-0.3, -0.25) is 4.79 Å². The van der Waals surface area contributed by atoms with Crippen molar-refractivity contribution in [2.75, 3.05) is 27.4 Å². The largest absolute Gasteiger partial charge is 0.496 e. The van der Waals surface area contributed by atoms with E-state index in [9.17, 15) is 4.79 Å². The molecule has 0 radical (unpaired) electrons. The van der Waals surface area contributed by atoms with Crippen molar-refractivity contribution in [1.82, 2.24) is 5.32 Å². The zero-order chi connectivity index (χ0) is 16.7. The van der Waals surface area contributed by atoms with Gasteiger partial charge < -0.3 is 19.5 Å². The predicted molar refractivity (Wildman–Crippen MR) is 91.5 cm³/mol. The lowest BCUT2D eigenvalue weighted by Crippen LogP contribution is -2.28. The molecule has 0 aliphatic carbocycles. The lowest BCUT2D eigenvalue weighted by Gasteiger charge is -2.13. The van der Waals surface area contributed by atoms with E-state index in [0.717, 1.165) is 10.2 Å². The molecule has 0 atom stereocenters. The first-order chi connectivity index (χ1) is 11.2. The molecule has 1 N–H and O–H groups in total. The van der Waals surface area contributed by atoms with Crippen LogP contribution in [-0.2, 0) is 0 Å². The van der Waals surface area contributed by atoms with E-state index >= 15 is 0 Å². The van der Waals surface area contributed by atoms with E-state index in [4.69, 9.17) is 14.2 Å². The van der Waals surface area contributed by atoms with Crippen molar-refractivity contribution in [3.63, 3.8) is 0 Å². The number of nitrogens with one attached hydrogen (secondary N) is 1. The fourth-order valence-electron chi connectivity index (χ4n) is 2.05. The molecule has 122 valence electrons. The van der Waals surface area contributed by atoms with Gasteiger partial charge in [0.1, 0.15) is 29.4 Å². The molecular weight excluding hydrogens is 362 g/mol. The number of benzene rings is 2. The van der Waals surface area contributed by atoms with Crippen LogP contribution >= 0.6 is 15.9 Å². The summed E-state index contributed by atoms with van der Waals surface area (Å²) in [5.41, 5.74) is 0.375. The van der Waals surface area contributed by atoms with Gasteiger partial charge in [0.05, 0.1) is 20.8 Å². The Kier molecular flexibility index (Phi) is 6.29. The molecule has 2 aromatic rings. The van der Waals surface area contributed by atoms with Gasteiger partial charge in [0.25, 0.3) is 5.91 Å². The molecule has 5 nitrogen and oxygen atoms in total. The van der Waals surface area contributed by atoms with Gasteiger partial charge in [0.2, 0.25) is 0 Å². The van der Waals surface area contributed by atoms with Crippen molar-refractivity contribution in [2.24, 2.45) is 0 Å². The first-order valence-corrected chi connectivity index (χ1v) is 7.82. The number of carbonyl (C=O) groups is 1. The zero-order valence-electron chi connectivity index (χ0n) is 13.0. The predicted octanol–water partition coefficient (Wildman–Crippen LogP) is 3.28. The molecule has 1 amide bonds. The lowest BCUT2D eigenvalue weighted by molar-refractivity contribution is 0.0940. The fourth-order valence-corrected chi connectivity index (χ4v) is 2.43. The number of ether oxygens (including phenoxy) is 3. The van der Waals surface area contributed by atoms with Crippen LogP contribution in [0.5, 0.6) is 17.2 Å². The molecule has 0 spiro atoms. The van der Waals surface area contributed by atoms with Gasteiger partial charge in [-0.15, -0.1) is 0 Å². The lowest BCUT2D eigenvalue weighted by atomic mass is 10.1. The number of amides is 1. The molecule has 0 saturated heterocycles. The molecule has 2 aromatic carbocycles. The maximum Gasteiger partial charge on any atom is 0.258 e. The summed E-state index contributed by atoms with van der Waals surface area (Å²) in [5.74, 6) is 1.41. The molecule has 0 aromatic heterocycles. The van der Waals surface area contributed by atoms with Crippen LogP contribution in [0.15, 0.2) is 46.9 Å². The second-order valence-corrected chi connectivity index (χ2v) is 5.51. The Bertz CT molecular complexity index is 653. The second kappa shape index (κ2) is 8.43. The smallest absolute Gasteiger partial charge is 0.258 e. The van der Waals surface area contributed by atoms with Gasteiger partial charge in [-0.2, -0.15) is 0 Å². The number of carbonyl (C=O) groups excluding carboxylic acids is 1. The van der Waals surface area contributed by atoms with Crippen molar-refractivity contribution in [3.8, 4) is 17.2 Å². The van der Waals surface area contributed by atoms with Crippen LogP contribution in [0.1, 0.15) is 10.4 Å². The van der Waals surface area contributed by atoms with E-state index in [1.165, 1.54) is 14.2 Å². The highest BCUT2D eigenvalue weighted by Gasteiger charge is 2.17. The summed E-state index contributed by atoms with van der Waals surface area (Å²) in [4.78, 5) is 12.3. The van der Waals surface area contributed by atoms with E-state index in [1.807, 2.05) is 24.3 Å². The third-order valence-corrected chi connectivity index (χ3v) is 3.60. The zero-order valence-corrected chi connectivity index (χ0v) is 14.6. The third kappa shape index (κ3) is 4.63. The molecule has 23 heavy (non-hydrogen) atoms. The van der Waals surface area contributed by atoms with Gasteiger partial charge in [0.15, 0.2) is 0 Å². The molecule has 0 fully saturated rings. The van der Waals surface area contributed by atoms with Crippen LogP contribution in [0, 0.1) is 0 Å². The summed E-state index contributed by atoms with van der Waals surface area (Å²) >= 11 is 3.38. The van der Waals surface area contributed by atoms with Crippen molar-refractivity contribution in [3.05, 3.63) is 52.5 Å². The quantitative estimate of drug-likeness (QED) is 0.750. The average Bonchev–Trinajstić information content (AvgIpc) is 2.57. The Morgan fingerprint density at radius 2 is 1.74 bits per heavy atom. The summed E-state index contributed by atoms with van der Waals surface area (Å²) in [6, 6.07) is 12.7. The number of rotatable bonds is 7. The number of methoxy groups -OCH3 is 2. The molecule has 0 saturated carbocycles. The maximum atomic E-state index is 12.3. The van der Waals surface area contributed by atoms with Crippen LogP contribution in [0.2, 0.25) is 0 Å². The highest BCUT2D eigenvalue weighted by molar-refractivity contribution is 9.10. The number of halogens is 1. The summed E-state index contributed by atoms with van der Waals surface area (Å²) < 4.78 is 17.0. The van der Waals surface area contributed by atoms with E-state index in [2.05, 4.69) is 21.2 Å². The molecule has 6 heteroatoms. The SMILES string of the molecule is COc1cccc(OC)c1C(=O)NCCOc1cccc(Br)c1. The molecule has 0 aliphatic rings. The maximum absolute atomic E-state index is 12.3. The highest BCUT2D eigenvalue weighted by Crippen LogP contribution is 2.27. The average molecular weight is 380 g/mol. The van der Waals surface area contributed by atoms with Crippen LogP contribution in [0.25, 0.3) is 0 Å². The minimum absolute atomic E-state index is 0.267. The van der Waals surface area contributed by atoms with Crippen LogP contribution < -0.4 is 19.5 Å². The van der Waals surface area contributed by atoms with Gasteiger partial charge in [0, 0.05) is 4.47 Å². The van der Waals surface area contributed by atoms with Crippen LogP contribution in [0.4, 0.5) is 0 Å². The van der Waals surface area contributed by atoms with Gasteiger partial charge >= 0.3 is 0 Å². The van der Waals surface area contributed by atoms with Gasteiger partial charge in [-0.1, -0.05) is 28.1 Å². The second-order valence-electron chi connectivity index (χ2n) is 4.60. The van der Waals surface area contributed by atoms with Gasteiger partial charge in [-0.05, 0) is 30.3 Å². The van der Waals surface area contributed by atoms with E-state index in [1.54, 1.807) is 18.2 Å². The Morgan fingerprint density at radius 3 is 2.35 bits per heavy atom. The van der Waals surface area contributed by atoms with Crippen LogP contribution in [-0.4, -0.2) is 33.3 Å². The molecule has 2 rings (SSSR count). The minimum Gasteiger partial charge on any atom is -0.496 e.